The van der Waals surface area contributed by atoms with Gasteiger partial charge < -0.3 is 24.9 Å². The summed E-state index contributed by atoms with van der Waals surface area (Å²) in [4.78, 5) is 10.2. The molecule has 1 N–H and O–H groups in total. The Kier molecular flexibility index (Phi) is 36.7. The van der Waals surface area contributed by atoms with Gasteiger partial charge in [-0.3, -0.25) is 0 Å². The van der Waals surface area contributed by atoms with Gasteiger partial charge in [-0.05, 0) is 168 Å². The molecule has 5 heteroatoms. The standard InChI is InChI=1S/C10H22N2.2C10H21N.C9H21N.C9H16/c1-10(2)4-5-12-8-6-11(3)7-9-12;2*1-10(2)6-9-11-7-4-3-5-8-11;1-8(2)6-7-10-9(3,4)5;1-4-5-6-7-8-9(2)3/h10H,4-9H2,1-3H3;2*10H,3-9H2,1-2H3;8,10H,6-7H2,1-5H3;9H,4,7-8H2,1-3H3. The van der Waals surface area contributed by atoms with Gasteiger partial charge in [0.1, 0.15) is 0 Å². The summed E-state index contributed by atoms with van der Waals surface area (Å²) in [5.74, 6) is 10.4. The molecule has 318 valence electrons. The number of hydrogen-bond acceptors (Lipinski definition) is 5. The molecule has 0 amide bonds. The first-order valence-electron chi connectivity index (χ1n) is 23.0. The first-order chi connectivity index (χ1) is 24.9. The van der Waals surface area contributed by atoms with Crippen LogP contribution in [-0.4, -0.2) is 111 Å². The fourth-order valence-corrected chi connectivity index (χ4v) is 6.07. The number of piperidine rings is 2. The van der Waals surface area contributed by atoms with Gasteiger partial charge in [-0.1, -0.05) is 89.0 Å². The Bertz CT molecular complexity index is 772. The average molecular weight is 748 g/mol. The van der Waals surface area contributed by atoms with Crippen molar-refractivity contribution in [1.82, 2.24) is 24.9 Å². The number of nitrogens with zero attached hydrogens (tertiary/aromatic N) is 4. The van der Waals surface area contributed by atoms with E-state index in [9.17, 15) is 0 Å². The molecule has 3 aliphatic heterocycles. The first kappa shape index (κ1) is 54.5. The third-order valence-electron chi connectivity index (χ3n) is 10.1. The maximum atomic E-state index is 3.45. The van der Waals surface area contributed by atoms with E-state index in [1.54, 1.807) is 0 Å². The zero-order chi connectivity index (χ0) is 40.5. The molecule has 3 rings (SSSR count). The van der Waals surface area contributed by atoms with Gasteiger partial charge in [0.2, 0.25) is 0 Å². The van der Waals surface area contributed by atoms with Gasteiger partial charge in [-0.2, -0.15) is 0 Å². The third-order valence-corrected chi connectivity index (χ3v) is 10.1. The molecule has 0 unspecified atom stereocenters. The summed E-state index contributed by atoms with van der Waals surface area (Å²) in [5, 5.41) is 3.45. The minimum absolute atomic E-state index is 0.287. The number of rotatable bonds is 14. The monoisotopic (exact) mass is 748 g/mol. The van der Waals surface area contributed by atoms with Gasteiger partial charge >= 0.3 is 0 Å². The van der Waals surface area contributed by atoms with Crippen molar-refractivity contribution in [2.75, 3.05) is 85.6 Å². The lowest BCUT2D eigenvalue weighted by atomic mass is 10.1. The van der Waals surface area contributed by atoms with Crippen molar-refractivity contribution in [3.8, 4) is 11.8 Å². The summed E-state index contributed by atoms with van der Waals surface area (Å²) in [7, 11) is 2.21. The molecule has 53 heavy (non-hydrogen) atoms. The van der Waals surface area contributed by atoms with Gasteiger partial charge in [0.15, 0.2) is 0 Å². The molecule has 0 aromatic heterocycles. The molecule has 0 bridgehead atoms. The third kappa shape index (κ3) is 43.9. The van der Waals surface area contributed by atoms with Crippen LogP contribution in [0.5, 0.6) is 0 Å². The van der Waals surface area contributed by atoms with E-state index >= 15 is 0 Å². The molecule has 0 radical (unpaired) electrons. The quantitative estimate of drug-likeness (QED) is 0.178. The van der Waals surface area contributed by atoms with Crippen molar-refractivity contribution in [3.63, 3.8) is 0 Å². The lowest BCUT2D eigenvalue weighted by Crippen LogP contribution is -2.44. The van der Waals surface area contributed by atoms with E-state index in [-0.39, 0.29) is 5.54 Å². The van der Waals surface area contributed by atoms with Crippen LogP contribution in [0.4, 0.5) is 0 Å². The van der Waals surface area contributed by atoms with Crippen molar-refractivity contribution < 1.29 is 0 Å². The fourth-order valence-electron chi connectivity index (χ4n) is 6.07. The van der Waals surface area contributed by atoms with Gasteiger partial charge in [0.25, 0.3) is 0 Å². The second-order valence-electron chi connectivity index (χ2n) is 19.5. The lowest BCUT2D eigenvalue weighted by molar-refractivity contribution is 0.148. The smallest absolute Gasteiger partial charge is 0.0110 e. The minimum Gasteiger partial charge on any atom is -0.312 e. The van der Waals surface area contributed by atoms with Crippen LogP contribution < -0.4 is 5.32 Å². The van der Waals surface area contributed by atoms with Crippen molar-refractivity contribution in [2.24, 2.45) is 29.6 Å². The van der Waals surface area contributed by atoms with Gasteiger partial charge in [-0.25, -0.2) is 0 Å². The maximum absolute atomic E-state index is 3.45. The van der Waals surface area contributed by atoms with E-state index in [4.69, 9.17) is 0 Å². The molecule has 3 saturated heterocycles. The highest BCUT2D eigenvalue weighted by Crippen LogP contribution is 2.12. The molecule has 0 saturated carbocycles. The zero-order valence-corrected chi connectivity index (χ0v) is 39.4. The summed E-state index contributed by atoms with van der Waals surface area (Å²) in [6, 6.07) is 0. The van der Waals surface area contributed by atoms with Crippen LogP contribution in [0.15, 0.2) is 0 Å². The molecular formula is C48H101N5. The second-order valence-corrected chi connectivity index (χ2v) is 19.5. The zero-order valence-electron chi connectivity index (χ0n) is 39.4. The second kappa shape index (κ2) is 35.8. The summed E-state index contributed by atoms with van der Waals surface area (Å²) in [5.41, 5.74) is 0.287. The Morgan fingerprint density at radius 3 is 1.15 bits per heavy atom. The number of piperazine rings is 1. The normalized spacial score (nSPS) is 17.6. The van der Waals surface area contributed by atoms with E-state index in [0.717, 1.165) is 49.0 Å². The Balaban J connectivity index is 0. The molecule has 0 atom stereocenters. The molecular weight excluding hydrogens is 647 g/mol. The fraction of sp³-hybridized carbons (Fsp3) is 0.958. The van der Waals surface area contributed by atoms with Crippen LogP contribution >= 0.6 is 0 Å². The molecule has 3 fully saturated rings. The number of likely N-dealkylation sites (N-methyl/N-ethyl adjacent to an activating group) is 1. The Morgan fingerprint density at radius 1 is 0.472 bits per heavy atom. The number of nitrogens with one attached hydrogen (secondary N) is 1. The van der Waals surface area contributed by atoms with Gasteiger partial charge in [-0.15, -0.1) is 11.8 Å². The minimum atomic E-state index is 0.287. The summed E-state index contributed by atoms with van der Waals surface area (Å²) < 4.78 is 0. The van der Waals surface area contributed by atoms with Crippen molar-refractivity contribution in [2.45, 2.75) is 186 Å². The van der Waals surface area contributed by atoms with Gasteiger partial charge in [0, 0.05) is 44.6 Å². The van der Waals surface area contributed by atoms with Crippen LogP contribution in [0.1, 0.15) is 180 Å². The van der Waals surface area contributed by atoms with E-state index < -0.39 is 0 Å². The van der Waals surface area contributed by atoms with Crippen LogP contribution in [0.3, 0.4) is 0 Å². The highest BCUT2D eigenvalue weighted by atomic mass is 15.2. The van der Waals surface area contributed by atoms with Gasteiger partial charge in [0.05, 0.1) is 0 Å². The SMILES string of the molecule is CC(C)CCN1CCCCC1.CC(C)CCN1CCCCC1.CC(C)CCN1CCN(C)CC1.CC(C)CCNC(C)(C)C.CCC#CCCC(C)C. The topological polar surface area (TPSA) is 25.0 Å². The van der Waals surface area contributed by atoms with Crippen LogP contribution in [0.25, 0.3) is 0 Å². The first-order valence-corrected chi connectivity index (χ1v) is 23.0. The van der Waals surface area contributed by atoms with Crippen LogP contribution in [0, 0.1) is 41.4 Å². The van der Waals surface area contributed by atoms with Crippen molar-refractivity contribution >= 4 is 0 Å². The lowest BCUT2D eigenvalue weighted by Gasteiger charge is -2.32. The summed E-state index contributed by atoms with van der Waals surface area (Å²) >= 11 is 0. The summed E-state index contributed by atoms with van der Waals surface area (Å²) in [6.45, 7) is 47.0. The molecule has 0 aromatic carbocycles. The molecule has 3 heterocycles. The van der Waals surface area contributed by atoms with E-state index in [1.165, 1.54) is 143 Å². The highest BCUT2D eigenvalue weighted by Gasteiger charge is 2.13. The Morgan fingerprint density at radius 2 is 0.830 bits per heavy atom. The number of hydrogen-bond donors (Lipinski definition) is 1. The van der Waals surface area contributed by atoms with Crippen molar-refractivity contribution in [1.29, 1.82) is 0 Å². The largest absolute Gasteiger partial charge is 0.312 e. The predicted octanol–water partition coefficient (Wildman–Crippen LogP) is 11.6. The van der Waals surface area contributed by atoms with E-state index in [2.05, 4.69) is 141 Å². The van der Waals surface area contributed by atoms with Crippen molar-refractivity contribution in [3.05, 3.63) is 0 Å². The molecule has 0 aliphatic carbocycles. The Labute approximate surface area is 336 Å². The molecule has 5 nitrogen and oxygen atoms in total. The predicted molar refractivity (Wildman–Crippen MR) is 242 cm³/mol. The highest BCUT2D eigenvalue weighted by molar-refractivity contribution is 4.97. The van der Waals surface area contributed by atoms with E-state index in [0.29, 0.717) is 0 Å². The van der Waals surface area contributed by atoms with Crippen LogP contribution in [-0.2, 0) is 0 Å². The Hall–Kier alpha value is -0.640. The molecule has 3 aliphatic rings. The van der Waals surface area contributed by atoms with E-state index in [1.807, 2.05) is 0 Å². The van der Waals surface area contributed by atoms with Crippen LogP contribution in [0.2, 0.25) is 0 Å². The number of likely N-dealkylation sites (tertiary alicyclic amines) is 2. The average Bonchev–Trinajstić information content (AvgIpc) is 3.09. The molecule has 0 aromatic rings. The molecule has 0 spiro atoms. The summed E-state index contributed by atoms with van der Waals surface area (Å²) in [6.07, 6.45) is 17.3. The maximum Gasteiger partial charge on any atom is 0.0110 e.